The van der Waals surface area contributed by atoms with Crippen LogP contribution in [0.25, 0.3) is 0 Å². The molecule has 0 aliphatic carbocycles. The van der Waals surface area contributed by atoms with Crippen LogP contribution >= 0.6 is 0 Å². The molecule has 0 fully saturated rings. The van der Waals surface area contributed by atoms with Crippen LogP contribution in [0, 0.1) is 17.2 Å². The van der Waals surface area contributed by atoms with Crippen LogP contribution in [0.3, 0.4) is 0 Å². The Kier molecular flexibility index (Phi) is 5.90. The fourth-order valence-electron chi connectivity index (χ4n) is 2.40. The van der Waals surface area contributed by atoms with Gasteiger partial charge >= 0.3 is 0 Å². The molecule has 0 saturated carbocycles. The first-order chi connectivity index (χ1) is 9.65. The van der Waals surface area contributed by atoms with Gasteiger partial charge in [0.15, 0.2) is 0 Å². The Morgan fingerprint density at radius 1 is 1.33 bits per heavy atom. The smallest absolute Gasteiger partial charge is 0.227 e. The summed E-state index contributed by atoms with van der Waals surface area (Å²) in [6, 6.07) is 6.07. The summed E-state index contributed by atoms with van der Waals surface area (Å²) in [6.45, 7) is 9.86. The summed E-state index contributed by atoms with van der Waals surface area (Å²) in [6.07, 6.45) is -0.498. The van der Waals surface area contributed by atoms with Crippen molar-refractivity contribution in [2.24, 2.45) is 11.3 Å². The lowest BCUT2D eigenvalue weighted by Gasteiger charge is -2.33. The highest BCUT2D eigenvalue weighted by Gasteiger charge is 2.31. The molecule has 0 spiro atoms. The molecular weight excluding hydrogens is 269 g/mol. The molecule has 21 heavy (non-hydrogen) atoms. The Morgan fingerprint density at radius 2 is 1.95 bits per heavy atom. The van der Waals surface area contributed by atoms with E-state index in [1.165, 1.54) is 12.1 Å². The second-order valence-electron chi connectivity index (χ2n) is 6.67. The van der Waals surface area contributed by atoms with Gasteiger partial charge in [0, 0.05) is 12.0 Å². The summed E-state index contributed by atoms with van der Waals surface area (Å²) in [4.78, 5) is 12.2. The Labute approximate surface area is 126 Å². The van der Waals surface area contributed by atoms with Gasteiger partial charge in [-0.15, -0.1) is 0 Å². The first kappa shape index (κ1) is 17.6. The summed E-state index contributed by atoms with van der Waals surface area (Å²) >= 11 is 0. The largest absolute Gasteiger partial charge is 0.392 e. The second-order valence-corrected chi connectivity index (χ2v) is 6.67. The number of carbonyl (C=O) groups is 1. The lowest BCUT2D eigenvalue weighted by molar-refractivity contribution is -0.123. The zero-order chi connectivity index (χ0) is 16.2. The summed E-state index contributed by atoms with van der Waals surface area (Å²) < 4.78 is 13.2. The van der Waals surface area contributed by atoms with Crippen molar-refractivity contribution in [3.63, 3.8) is 0 Å². The highest BCUT2D eigenvalue weighted by atomic mass is 19.1. The van der Waals surface area contributed by atoms with E-state index in [9.17, 15) is 14.3 Å². The molecule has 0 aromatic heterocycles. The third kappa shape index (κ3) is 4.81. The molecule has 1 amide bonds. The van der Waals surface area contributed by atoms with Crippen molar-refractivity contribution in [1.82, 2.24) is 5.32 Å². The van der Waals surface area contributed by atoms with Crippen molar-refractivity contribution in [2.75, 3.05) is 6.54 Å². The van der Waals surface area contributed by atoms with Crippen molar-refractivity contribution < 1.29 is 14.3 Å². The molecule has 4 heteroatoms. The van der Waals surface area contributed by atoms with Crippen LogP contribution in [0.4, 0.5) is 4.39 Å². The minimum atomic E-state index is -0.498. The van der Waals surface area contributed by atoms with E-state index in [0.29, 0.717) is 12.1 Å². The van der Waals surface area contributed by atoms with E-state index in [2.05, 4.69) is 5.32 Å². The molecular formula is C17H26FNO2. The Hall–Kier alpha value is -1.42. The van der Waals surface area contributed by atoms with E-state index in [1.807, 2.05) is 27.7 Å². The number of rotatable bonds is 6. The molecule has 2 N–H and O–H groups in total. The van der Waals surface area contributed by atoms with Gasteiger partial charge < -0.3 is 10.4 Å². The van der Waals surface area contributed by atoms with Gasteiger partial charge in [-0.2, -0.15) is 0 Å². The minimum absolute atomic E-state index is 0.123. The number of halogens is 1. The summed E-state index contributed by atoms with van der Waals surface area (Å²) in [7, 11) is 0. The minimum Gasteiger partial charge on any atom is -0.392 e. The van der Waals surface area contributed by atoms with Crippen LogP contribution in [-0.2, 0) is 4.79 Å². The predicted octanol–water partition coefficient (Wildman–Crippen LogP) is 3.09. The molecule has 1 aromatic rings. The average molecular weight is 295 g/mol. The fourth-order valence-corrected chi connectivity index (χ4v) is 2.40. The van der Waals surface area contributed by atoms with Gasteiger partial charge in [-0.25, -0.2) is 4.39 Å². The van der Waals surface area contributed by atoms with Gasteiger partial charge in [0.2, 0.25) is 5.91 Å². The molecule has 1 aromatic carbocycles. The van der Waals surface area contributed by atoms with Crippen LogP contribution < -0.4 is 5.32 Å². The van der Waals surface area contributed by atoms with Crippen LogP contribution in [0.2, 0.25) is 0 Å². The predicted molar refractivity (Wildman–Crippen MR) is 82.5 cm³/mol. The number of hydrogen-bond acceptors (Lipinski definition) is 2. The SMILES string of the molecule is CC(C(=O)NCC(C)(C)C(O)C(C)C)c1cccc(F)c1. The van der Waals surface area contributed by atoms with Gasteiger partial charge in [0.1, 0.15) is 5.82 Å². The van der Waals surface area contributed by atoms with Crippen LogP contribution in [-0.4, -0.2) is 23.7 Å². The van der Waals surface area contributed by atoms with Crippen LogP contribution in [0.1, 0.15) is 46.1 Å². The number of carbonyl (C=O) groups excluding carboxylic acids is 1. The Balaban J connectivity index is 2.65. The van der Waals surface area contributed by atoms with Crippen molar-refractivity contribution in [3.8, 4) is 0 Å². The van der Waals surface area contributed by atoms with E-state index in [4.69, 9.17) is 0 Å². The third-order valence-corrected chi connectivity index (χ3v) is 3.89. The van der Waals surface area contributed by atoms with Crippen molar-refractivity contribution >= 4 is 5.91 Å². The van der Waals surface area contributed by atoms with Gasteiger partial charge in [-0.3, -0.25) is 4.79 Å². The van der Waals surface area contributed by atoms with Crippen molar-refractivity contribution in [2.45, 2.75) is 46.6 Å². The zero-order valence-corrected chi connectivity index (χ0v) is 13.5. The Bertz CT molecular complexity index is 485. The highest BCUT2D eigenvalue weighted by Crippen LogP contribution is 2.25. The number of aliphatic hydroxyl groups excluding tert-OH is 1. The number of nitrogens with one attached hydrogen (secondary N) is 1. The molecule has 0 aliphatic rings. The maximum Gasteiger partial charge on any atom is 0.227 e. The fraction of sp³-hybridized carbons (Fsp3) is 0.588. The summed E-state index contributed by atoms with van der Waals surface area (Å²) in [5, 5.41) is 13.0. The number of aliphatic hydroxyl groups is 1. The summed E-state index contributed by atoms with van der Waals surface area (Å²) in [5.41, 5.74) is 0.237. The molecule has 0 saturated heterocycles. The molecule has 0 bridgehead atoms. The first-order valence-corrected chi connectivity index (χ1v) is 7.36. The number of benzene rings is 1. The monoisotopic (exact) mass is 295 g/mol. The van der Waals surface area contributed by atoms with Crippen molar-refractivity contribution in [3.05, 3.63) is 35.6 Å². The topological polar surface area (TPSA) is 49.3 Å². The molecule has 0 heterocycles. The van der Waals surface area contributed by atoms with E-state index in [-0.39, 0.29) is 17.6 Å². The number of amides is 1. The molecule has 0 aliphatic heterocycles. The molecule has 3 nitrogen and oxygen atoms in total. The standard InChI is InChI=1S/C17H26FNO2/c1-11(2)15(20)17(4,5)10-19-16(21)12(3)13-7-6-8-14(18)9-13/h6-9,11-12,15,20H,10H2,1-5H3,(H,19,21). The Morgan fingerprint density at radius 3 is 2.48 bits per heavy atom. The number of hydrogen-bond donors (Lipinski definition) is 2. The van der Waals surface area contributed by atoms with Crippen LogP contribution in [0.5, 0.6) is 0 Å². The molecule has 118 valence electrons. The van der Waals surface area contributed by atoms with Gasteiger partial charge in [0.25, 0.3) is 0 Å². The highest BCUT2D eigenvalue weighted by molar-refractivity contribution is 5.83. The molecule has 2 unspecified atom stereocenters. The average Bonchev–Trinajstić information content (AvgIpc) is 2.43. The zero-order valence-electron chi connectivity index (χ0n) is 13.5. The summed E-state index contributed by atoms with van der Waals surface area (Å²) in [5.74, 6) is -0.808. The maximum absolute atomic E-state index is 13.2. The van der Waals surface area contributed by atoms with E-state index >= 15 is 0 Å². The third-order valence-electron chi connectivity index (χ3n) is 3.89. The maximum atomic E-state index is 13.2. The van der Waals surface area contributed by atoms with Crippen molar-refractivity contribution in [1.29, 1.82) is 0 Å². The van der Waals surface area contributed by atoms with Gasteiger partial charge in [-0.1, -0.05) is 39.8 Å². The van der Waals surface area contributed by atoms with Gasteiger partial charge in [-0.05, 0) is 30.5 Å². The molecule has 1 rings (SSSR count). The van der Waals surface area contributed by atoms with Crippen LogP contribution in [0.15, 0.2) is 24.3 Å². The van der Waals surface area contributed by atoms with Gasteiger partial charge in [0.05, 0.1) is 12.0 Å². The quantitative estimate of drug-likeness (QED) is 0.847. The molecule has 2 atom stereocenters. The second kappa shape index (κ2) is 7.03. The lowest BCUT2D eigenvalue weighted by Crippen LogP contribution is -2.44. The first-order valence-electron chi connectivity index (χ1n) is 7.36. The van der Waals surface area contributed by atoms with E-state index < -0.39 is 17.4 Å². The van der Waals surface area contributed by atoms with E-state index in [0.717, 1.165) is 0 Å². The van der Waals surface area contributed by atoms with E-state index in [1.54, 1.807) is 19.1 Å². The normalized spacial score (nSPS) is 14.9. The molecule has 0 radical (unpaired) electrons. The lowest BCUT2D eigenvalue weighted by atomic mass is 9.80.